The molecule has 4 aliphatic carbocycles. The van der Waals surface area contributed by atoms with Gasteiger partial charge in [-0.3, -0.25) is 0 Å². The van der Waals surface area contributed by atoms with Gasteiger partial charge in [0.2, 0.25) is 0 Å². The van der Waals surface area contributed by atoms with Crippen molar-refractivity contribution >= 4 is 88.0 Å². The van der Waals surface area contributed by atoms with Crippen LogP contribution in [-0.4, -0.2) is 9.13 Å². The first kappa shape index (κ1) is 60.2. The number of anilines is 5. The van der Waals surface area contributed by atoms with Gasteiger partial charge in [-0.05, 0) is 210 Å². The fourth-order valence-electron chi connectivity index (χ4n) is 17.8. The van der Waals surface area contributed by atoms with Crippen molar-refractivity contribution in [1.29, 1.82) is 0 Å². The van der Waals surface area contributed by atoms with E-state index < -0.39 is 5.41 Å². The van der Waals surface area contributed by atoms with Crippen molar-refractivity contribution in [3.05, 3.63) is 437 Å². The lowest BCUT2D eigenvalue weighted by Crippen LogP contribution is -2.26. The Labute approximate surface area is 607 Å². The molecule has 0 amide bonds. The van der Waals surface area contributed by atoms with Crippen LogP contribution in [0.15, 0.2) is 393 Å². The number of benzene rings is 16. The molecule has 4 nitrogen and oxygen atoms in total. The van der Waals surface area contributed by atoms with Crippen molar-refractivity contribution in [3.63, 3.8) is 0 Å². The third kappa shape index (κ3) is 9.22. The molecule has 0 saturated heterocycles. The summed E-state index contributed by atoms with van der Waals surface area (Å²) in [4.78, 5) is 2.40. The SMILES string of the molecule is Brc1ccc2c(c1)C1(c3ccccc3-c3ccccc31)c1ccccc1-2.c1ccc(N(c2ccc(-n3c4ccccc4c4ccccc43)cc2)c2ccc3c(c2)C2(c4ccccc4-c4ccccc42)c2ccccc2-3)cc1.c1ccc(Nc2ccc(-n3c4ccccc4c4ccccc43)cc2)cc1. The van der Waals surface area contributed by atoms with E-state index in [2.05, 4.69) is 405 Å². The fraction of sp³-hybridized carbons (Fsp3) is 0.0204. The van der Waals surface area contributed by atoms with Gasteiger partial charge in [0, 0.05) is 65.8 Å². The molecule has 0 atom stereocenters. The van der Waals surface area contributed by atoms with Crippen LogP contribution >= 0.6 is 15.9 Å². The molecular weight excluding hydrogens is 1310 g/mol. The van der Waals surface area contributed by atoms with Gasteiger partial charge in [0.25, 0.3) is 0 Å². The van der Waals surface area contributed by atoms with Gasteiger partial charge in [0.05, 0.1) is 32.9 Å². The number of nitrogens with one attached hydrogen (secondary N) is 1. The minimum absolute atomic E-state index is 0.219. The molecule has 0 radical (unpaired) electrons. The van der Waals surface area contributed by atoms with Gasteiger partial charge >= 0.3 is 0 Å². The maximum atomic E-state index is 3.72. The summed E-state index contributed by atoms with van der Waals surface area (Å²) < 4.78 is 5.84. The highest BCUT2D eigenvalue weighted by Gasteiger charge is 2.53. The Morgan fingerprint density at radius 2 is 0.505 bits per heavy atom. The minimum Gasteiger partial charge on any atom is -0.356 e. The molecule has 2 aromatic heterocycles. The van der Waals surface area contributed by atoms with Gasteiger partial charge in [-0.15, -0.1) is 0 Å². The molecule has 1 N–H and O–H groups in total. The summed E-state index contributed by atoms with van der Waals surface area (Å²) in [6.45, 7) is 0. The Hall–Kier alpha value is -12.8. The minimum atomic E-state index is -0.391. The van der Waals surface area contributed by atoms with E-state index >= 15 is 0 Å². The zero-order valence-electron chi connectivity index (χ0n) is 56.2. The summed E-state index contributed by atoms with van der Waals surface area (Å²) in [5.74, 6) is 0. The molecule has 0 bridgehead atoms. The van der Waals surface area contributed by atoms with Gasteiger partial charge in [0.1, 0.15) is 0 Å². The van der Waals surface area contributed by atoms with E-state index in [9.17, 15) is 0 Å². The van der Waals surface area contributed by atoms with E-state index in [1.165, 1.54) is 138 Å². The maximum Gasteiger partial charge on any atom is 0.0726 e. The molecule has 16 aromatic carbocycles. The number of hydrogen-bond acceptors (Lipinski definition) is 2. The normalized spacial score (nSPS) is 13.1. The molecule has 22 rings (SSSR count). The predicted molar refractivity (Wildman–Crippen MR) is 433 cm³/mol. The van der Waals surface area contributed by atoms with Crippen molar-refractivity contribution in [2.75, 3.05) is 10.2 Å². The van der Waals surface area contributed by atoms with Crippen molar-refractivity contribution in [1.82, 2.24) is 9.13 Å². The van der Waals surface area contributed by atoms with E-state index in [4.69, 9.17) is 0 Å². The molecular formula is C98H65BrN4. The lowest BCUT2D eigenvalue weighted by molar-refractivity contribution is 0.793. The summed E-state index contributed by atoms with van der Waals surface area (Å²) in [5, 5.41) is 8.55. The number of aromatic nitrogens is 2. The lowest BCUT2D eigenvalue weighted by Gasteiger charge is -2.32. The van der Waals surface area contributed by atoms with Gasteiger partial charge in [-0.2, -0.15) is 0 Å². The van der Waals surface area contributed by atoms with Crippen LogP contribution in [0.4, 0.5) is 28.4 Å². The summed E-state index contributed by atoms with van der Waals surface area (Å²) in [6, 6.07) is 141. The second-order valence-electron chi connectivity index (χ2n) is 27.2. The van der Waals surface area contributed by atoms with E-state index in [0.717, 1.165) is 38.6 Å². The third-order valence-electron chi connectivity index (χ3n) is 21.9. The molecule has 4 aliphatic rings. The van der Waals surface area contributed by atoms with Crippen molar-refractivity contribution in [2.24, 2.45) is 0 Å². The Balaban J connectivity index is 0.000000114. The van der Waals surface area contributed by atoms with Crippen molar-refractivity contribution < 1.29 is 0 Å². The van der Waals surface area contributed by atoms with Crippen molar-refractivity contribution in [3.8, 4) is 55.9 Å². The topological polar surface area (TPSA) is 25.1 Å². The summed E-state index contributed by atoms with van der Waals surface area (Å²) in [6.07, 6.45) is 0. The zero-order valence-corrected chi connectivity index (χ0v) is 57.8. The Morgan fingerprint density at radius 3 is 0.903 bits per heavy atom. The molecule has 0 fully saturated rings. The van der Waals surface area contributed by atoms with Gasteiger partial charge in [-0.1, -0.05) is 283 Å². The highest BCUT2D eigenvalue weighted by Crippen LogP contribution is 2.65. The average Bonchev–Trinajstić information content (AvgIpc) is 1.52. The Bertz CT molecular complexity index is 6130. The van der Waals surface area contributed by atoms with Crippen LogP contribution in [0.5, 0.6) is 0 Å². The number of para-hydroxylation sites is 6. The van der Waals surface area contributed by atoms with Crippen molar-refractivity contribution in [2.45, 2.75) is 10.8 Å². The highest BCUT2D eigenvalue weighted by atomic mass is 79.9. The number of nitrogens with zero attached hydrogens (tertiary/aromatic N) is 3. The number of rotatable bonds is 7. The standard InChI is InChI=1S/C49H32N2.C25H15Br.C24H18N2/c1-2-14-33(15-3-1)50(34-26-28-35(29-27-34)51-47-24-12-7-19-41(47)42-20-8-13-25-48(42)51)36-30-31-40-39-18-6-11-23-45(39)49(46(40)32-36)43-21-9-4-16-37(43)38-17-5-10-22-44(38)49;26-16-13-14-20-19-9-3-6-12-23(19)25(24(20)15-16)21-10-4-1-7-17(21)18-8-2-5-11-22(18)25;1-2-8-18(9-3-1)25-19-14-16-20(17-15-19)26-23-12-6-4-10-21(23)22-11-5-7-13-24(22)26/h1-32H;1-15H;1-17,25H. The van der Waals surface area contributed by atoms with Gasteiger partial charge in [-0.25, -0.2) is 0 Å². The van der Waals surface area contributed by atoms with Gasteiger partial charge in [0.15, 0.2) is 0 Å². The first-order valence-electron chi connectivity index (χ1n) is 35.4. The van der Waals surface area contributed by atoms with Crippen LogP contribution in [0.25, 0.3) is 99.5 Å². The van der Waals surface area contributed by atoms with E-state index in [1.807, 2.05) is 18.2 Å². The number of fused-ring (bicyclic) bond motifs is 26. The number of halogens is 1. The van der Waals surface area contributed by atoms with E-state index in [-0.39, 0.29) is 5.41 Å². The largest absolute Gasteiger partial charge is 0.356 e. The van der Waals surface area contributed by atoms with Crippen LogP contribution in [-0.2, 0) is 10.8 Å². The third-order valence-corrected chi connectivity index (χ3v) is 22.4. The zero-order chi connectivity index (χ0) is 68.2. The number of hydrogen-bond donors (Lipinski definition) is 1. The van der Waals surface area contributed by atoms with Crippen LogP contribution in [0.2, 0.25) is 0 Å². The lowest BCUT2D eigenvalue weighted by atomic mass is 9.70. The van der Waals surface area contributed by atoms with E-state index in [1.54, 1.807) is 0 Å². The Kier molecular flexibility index (Phi) is 14.2. The summed E-state index contributed by atoms with van der Waals surface area (Å²) in [7, 11) is 0. The smallest absolute Gasteiger partial charge is 0.0726 e. The van der Waals surface area contributed by atoms with Crippen LogP contribution in [0, 0.1) is 0 Å². The summed E-state index contributed by atoms with van der Waals surface area (Å²) >= 11 is 3.72. The molecule has 18 aromatic rings. The second-order valence-corrected chi connectivity index (χ2v) is 28.1. The second kappa shape index (κ2) is 24.2. The highest BCUT2D eigenvalue weighted by molar-refractivity contribution is 9.10. The summed E-state index contributed by atoms with van der Waals surface area (Å²) in [5.41, 5.74) is 33.8. The first-order valence-corrected chi connectivity index (χ1v) is 36.2. The molecule has 2 spiro atoms. The molecule has 484 valence electrons. The molecule has 0 unspecified atom stereocenters. The molecule has 0 saturated carbocycles. The van der Waals surface area contributed by atoms with Crippen LogP contribution < -0.4 is 10.2 Å². The quantitative estimate of drug-likeness (QED) is 0.172. The molecule has 2 heterocycles. The monoisotopic (exact) mass is 1380 g/mol. The van der Waals surface area contributed by atoms with Crippen LogP contribution in [0.1, 0.15) is 44.5 Å². The maximum absolute atomic E-state index is 3.72. The van der Waals surface area contributed by atoms with E-state index in [0.29, 0.717) is 0 Å². The average molecular weight is 1380 g/mol. The molecule has 103 heavy (non-hydrogen) atoms. The predicted octanol–water partition coefficient (Wildman–Crippen LogP) is 25.9. The fourth-order valence-corrected chi connectivity index (χ4v) is 18.2. The molecule has 5 heteroatoms. The molecule has 0 aliphatic heterocycles. The van der Waals surface area contributed by atoms with Gasteiger partial charge < -0.3 is 19.4 Å². The van der Waals surface area contributed by atoms with Crippen LogP contribution in [0.3, 0.4) is 0 Å². The first-order chi connectivity index (χ1) is 51.0. The Morgan fingerprint density at radius 1 is 0.223 bits per heavy atom.